The number of carbonyl (C=O) groups excluding carboxylic acids is 1. The standard InChI is InChI=1S/C17H23ClO/c1-2-3-4-5-6-7-8-9-10-15-11-13-16(14-12-15)17(18)19/h2,11-14H,1,3-10H2. The third-order valence-corrected chi connectivity index (χ3v) is 3.52. The Morgan fingerprint density at radius 2 is 1.58 bits per heavy atom. The van der Waals surface area contributed by atoms with Gasteiger partial charge in [-0.05, 0) is 55.0 Å². The summed E-state index contributed by atoms with van der Waals surface area (Å²) in [6.45, 7) is 3.73. The van der Waals surface area contributed by atoms with Crippen molar-refractivity contribution in [2.75, 3.05) is 0 Å². The van der Waals surface area contributed by atoms with Crippen molar-refractivity contribution >= 4 is 16.8 Å². The minimum absolute atomic E-state index is 0.383. The normalized spacial score (nSPS) is 10.4. The highest BCUT2D eigenvalue weighted by molar-refractivity contribution is 6.67. The molecule has 0 saturated heterocycles. The molecule has 0 radical (unpaired) electrons. The van der Waals surface area contributed by atoms with Gasteiger partial charge in [0.15, 0.2) is 0 Å². The third-order valence-electron chi connectivity index (χ3n) is 3.30. The van der Waals surface area contributed by atoms with Crippen LogP contribution in [-0.4, -0.2) is 5.24 Å². The number of hydrogen-bond donors (Lipinski definition) is 0. The smallest absolute Gasteiger partial charge is 0.252 e. The fraction of sp³-hybridized carbons (Fsp3) is 0.471. The van der Waals surface area contributed by atoms with Crippen LogP contribution in [0.2, 0.25) is 0 Å². The zero-order chi connectivity index (χ0) is 13.9. The molecule has 0 amide bonds. The first-order chi connectivity index (χ1) is 9.24. The largest absolute Gasteiger partial charge is 0.276 e. The summed E-state index contributed by atoms with van der Waals surface area (Å²) in [6, 6.07) is 7.61. The lowest BCUT2D eigenvalue weighted by Gasteiger charge is -2.03. The molecule has 0 bridgehead atoms. The molecule has 0 heterocycles. The first-order valence-electron chi connectivity index (χ1n) is 7.13. The van der Waals surface area contributed by atoms with Gasteiger partial charge in [-0.3, -0.25) is 4.79 Å². The van der Waals surface area contributed by atoms with Gasteiger partial charge in [-0.2, -0.15) is 0 Å². The molecule has 104 valence electrons. The SMILES string of the molecule is C=CCCCCCCCCc1ccc(C(=O)Cl)cc1. The number of carbonyl (C=O) groups is 1. The van der Waals surface area contributed by atoms with Crippen molar-refractivity contribution in [1.29, 1.82) is 0 Å². The molecular weight excluding hydrogens is 256 g/mol. The lowest BCUT2D eigenvalue weighted by atomic mass is 10.0. The van der Waals surface area contributed by atoms with E-state index in [1.807, 2.05) is 18.2 Å². The van der Waals surface area contributed by atoms with Crippen LogP contribution in [0, 0.1) is 0 Å². The Labute approximate surface area is 121 Å². The lowest BCUT2D eigenvalue weighted by Crippen LogP contribution is -1.91. The average molecular weight is 279 g/mol. The maximum absolute atomic E-state index is 10.9. The second-order valence-corrected chi connectivity index (χ2v) is 5.26. The van der Waals surface area contributed by atoms with Crippen LogP contribution in [0.15, 0.2) is 36.9 Å². The minimum atomic E-state index is -0.383. The summed E-state index contributed by atoms with van der Waals surface area (Å²) in [5.41, 5.74) is 1.86. The second kappa shape index (κ2) is 9.80. The first kappa shape index (κ1) is 16.0. The van der Waals surface area contributed by atoms with Gasteiger partial charge in [0.05, 0.1) is 0 Å². The van der Waals surface area contributed by atoms with E-state index >= 15 is 0 Å². The molecule has 0 unspecified atom stereocenters. The molecule has 0 saturated carbocycles. The summed E-state index contributed by atoms with van der Waals surface area (Å²) in [5.74, 6) is 0. The summed E-state index contributed by atoms with van der Waals surface area (Å²) in [6.07, 6.45) is 12.0. The average Bonchev–Trinajstić information content (AvgIpc) is 2.42. The Bertz CT molecular complexity index is 381. The Hall–Kier alpha value is -1.08. The topological polar surface area (TPSA) is 17.1 Å². The number of hydrogen-bond acceptors (Lipinski definition) is 1. The molecule has 2 heteroatoms. The highest BCUT2D eigenvalue weighted by Crippen LogP contribution is 2.12. The zero-order valence-electron chi connectivity index (χ0n) is 11.5. The quantitative estimate of drug-likeness (QED) is 0.313. The van der Waals surface area contributed by atoms with Crippen molar-refractivity contribution in [2.24, 2.45) is 0 Å². The van der Waals surface area contributed by atoms with Crippen LogP contribution in [0.1, 0.15) is 60.9 Å². The number of allylic oxidation sites excluding steroid dienone is 1. The number of aryl methyl sites for hydroxylation is 1. The monoisotopic (exact) mass is 278 g/mol. The van der Waals surface area contributed by atoms with Crippen molar-refractivity contribution in [1.82, 2.24) is 0 Å². The van der Waals surface area contributed by atoms with Gasteiger partial charge in [-0.15, -0.1) is 6.58 Å². The molecular formula is C17H23ClO. The minimum Gasteiger partial charge on any atom is -0.276 e. The molecule has 19 heavy (non-hydrogen) atoms. The van der Waals surface area contributed by atoms with Gasteiger partial charge in [0.1, 0.15) is 0 Å². The van der Waals surface area contributed by atoms with Crippen molar-refractivity contribution in [2.45, 2.75) is 51.4 Å². The number of unbranched alkanes of at least 4 members (excludes halogenated alkanes) is 6. The highest BCUT2D eigenvalue weighted by Gasteiger charge is 2.00. The zero-order valence-corrected chi connectivity index (χ0v) is 12.3. The van der Waals surface area contributed by atoms with Crippen LogP contribution in [0.5, 0.6) is 0 Å². The maximum atomic E-state index is 10.9. The molecule has 0 aromatic heterocycles. The van der Waals surface area contributed by atoms with E-state index in [2.05, 4.69) is 6.58 Å². The van der Waals surface area contributed by atoms with Gasteiger partial charge in [0.25, 0.3) is 5.24 Å². The van der Waals surface area contributed by atoms with Gasteiger partial charge in [-0.1, -0.05) is 43.9 Å². The summed E-state index contributed by atoms with van der Waals surface area (Å²) >= 11 is 5.41. The summed E-state index contributed by atoms with van der Waals surface area (Å²) < 4.78 is 0. The van der Waals surface area contributed by atoms with Crippen molar-refractivity contribution in [3.05, 3.63) is 48.0 Å². The van der Waals surface area contributed by atoms with E-state index in [1.54, 1.807) is 12.1 Å². The van der Waals surface area contributed by atoms with Crippen LogP contribution < -0.4 is 0 Å². The molecule has 1 rings (SSSR count). The van der Waals surface area contributed by atoms with Gasteiger partial charge in [0.2, 0.25) is 0 Å². The van der Waals surface area contributed by atoms with E-state index in [9.17, 15) is 4.79 Å². The Morgan fingerprint density at radius 1 is 1.00 bits per heavy atom. The van der Waals surface area contributed by atoms with Gasteiger partial charge < -0.3 is 0 Å². The van der Waals surface area contributed by atoms with Crippen LogP contribution in [0.4, 0.5) is 0 Å². The number of halogens is 1. The Kier molecular flexibility index (Phi) is 8.24. The maximum Gasteiger partial charge on any atom is 0.252 e. The predicted octanol–water partition coefficient (Wildman–Crippen LogP) is 5.52. The molecule has 1 nitrogen and oxygen atoms in total. The van der Waals surface area contributed by atoms with Gasteiger partial charge >= 0.3 is 0 Å². The highest BCUT2D eigenvalue weighted by atomic mass is 35.5. The van der Waals surface area contributed by atoms with E-state index in [0.29, 0.717) is 5.56 Å². The predicted molar refractivity (Wildman–Crippen MR) is 82.8 cm³/mol. The summed E-state index contributed by atoms with van der Waals surface area (Å²) in [4.78, 5) is 10.9. The van der Waals surface area contributed by atoms with Crippen molar-refractivity contribution in [3.63, 3.8) is 0 Å². The van der Waals surface area contributed by atoms with Crippen LogP contribution in [0.25, 0.3) is 0 Å². The third kappa shape index (κ3) is 7.17. The van der Waals surface area contributed by atoms with Crippen LogP contribution in [-0.2, 0) is 6.42 Å². The molecule has 0 fully saturated rings. The fourth-order valence-electron chi connectivity index (χ4n) is 2.13. The molecule has 0 aliphatic rings. The molecule has 0 aliphatic heterocycles. The molecule has 0 atom stereocenters. The Morgan fingerprint density at radius 3 is 2.16 bits per heavy atom. The van der Waals surface area contributed by atoms with Crippen LogP contribution in [0.3, 0.4) is 0 Å². The molecule has 0 spiro atoms. The lowest BCUT2D eigenvalue weighted by molar-refractivity contribution is 0.108. The first-order valence-corrected chi connectivity index (χ1v) is 7.51. The molecule has 1 aromatic rings. The van der Waals surface area contributed by atoms with Crippen LogP contribution >= 0.6 is 11.6 Å². The molecule has 0 N–H and O–H groups in total. The summed E-state index contributed by atoms with van der Waals surface area (Å²) in [7, 11) is 0. The van der Waals surface area contributed by atoms with E-state index < -0.39 is 0 Å². The van der Waals surface area contributed by atoms with Gasteiger partial charge in [0, 0.05) is 5.56 Å². The van der Waals surface area contributed by atoms with E-state index in [4.69, 9.17) is 11.6 Å². The van der Waals surface area contributed by atoms with E-state index in [-0.39, 0.29) is 5.24 Å². The fourth-order valence-corrected chi connectivity index (χ4v) is 2.25. The van der Waals surface area contributed by atoms with Crippen molar-refractivity contribution in [3.8, 4) is 0 Å². The van der Waals surface area contributed by atoms with Gasteiger partial charge in [-0.25, -0.2) is 0 Å². The number of rotatable bonds is 10. The Balaban J connectivity index is 2.09. The number of benzene rings is 1. The molecule has 1 aromatic carbocycles. The van der Waals surface area contributed by atoms with E-state index in [1.165, 1.54) is 44.1 Å². The second-order valence-electron chi connectivity index (χ2n) is 4.92. The molecule has 0 aliphatic carbocycles. The summed E-state index contributed by atoms with van der Waals surface area (Å²) in [5, 5.41) is -0.383. The van der Waals surface area contributed by atoms with E-state index in [0.717, 1.165) is 12.8 Å². The van der Waals surface area contributed by atoms with Crippen molar-refractivity contribution < 1.29 is 4.79 Å².